The fourth-order valence-corrected chi connectivity index (χ4v) is 4.47. The number of hydrogen-bond donors (Lipinski definition) is 2. The van der Waals surface area contributed by atoms with E-state index in [0.717, 1.165) is 18.5 Å². The topological polar surface area (TPSA) is 127 Å². The minimum absolute atomic E-state index is 0.126. The lowest BCUT2D eigenvalue weighted by Gasteiger charge is -2.38. The van der Waals surface area contributed by atoms with Gasteiger partial charge in [0.2, 0.25) is 5.62 Å². The molecule has 2 N–H and O–H groups in total. The van der Waals surface area contributed by atoms with Crippen molar-refractivity contribution in [2.75, 3.05) is 18.0 Å². The number of benzene rings is 1. The highest BCUT2D eigenvalue weighted by Gasteiger charge is 2.43. The maximum Gasteiger partial charge on any atom is 0.416 e. The van der Waals surface area contributed by atoms with E-state index in [-0.39, 0.29) is 11.3 Å². The number of anilines is 1. The van der Waals surface area contributed by atoms with Crippen LogP contribution in [-0.2, 0) is 11.0 Å². The van der Waals surface area contributed by atoms with E-state index in [9.17, 15) is 18.4 Å². The molecule has 0 amide bonds. The third-order valence-electron chi connectivity index (χ3n) is 6.39. The molecule has 0 atom stereocenters. The zero-order chi connectivity index (χ0) is 24.8. The summed E-state index contributed by atoms with van der Waals surface area (Å²) in [5, 5.41) is 29.3. The van der Waals surface area contributed by atoms with Crippen LogP contribution in [0, 0.1) is 22.1 Å². The molecule has 1 fully saturated rings. The van der Waals surface area contributed by atoms with Crippen LogP contribution in [0.25, 0.3) is 11.0 Å². The van der Waals surface area contributed by atoms with E-state index < -0.39 is 17.3 Å². The predicted octanol–water partition coefficient (Wildman–Crippen LogP) is 3.42. The first kappa shape index (κ1) is 22.5. The quantitative estimate of drug-likeness (QED) is 0.439. The number of piperidine rings is 1. The van der Waals surface area contributed by atoms with Crippen molar-refractivity contribution < 1.29 is 18.0 Å². The van der Waals surface area contributed by atoms with Crippen molar-refractivity contribution in [1.82, 2.24) is 14.5 Å². The molecule has 2 aliphatic rings. The molecule has 4 heterocycles. The Balaban J connectivity index is 1.36. The zero-order valence-corrected chi connectivity index (χ0v) is 18.3. The minimum Gasteiger partial charge on any atom is -0.388 e. The maximum atomic E-state index is 12.9. The monoisotopic (exact) mass is 480 g/mol. The molecule has 1 aromatic carbocycles. The zero-order valence-electron chi connectivity index (χ0n) is 18.3. The van der Waals surface area contributed by atoms with Crippen LogP contribution in [0.4, 0.5) is 19.0 Å². The lowest BCUT2D eigenvalue weighted by molar-refractivity contribution is -0.137. The Hall–Kier alpha value is -4.27. The van der Waals surface area contributed by atoms with Gasteiger partial charge in [-0.15, -0.1) is 0 Å². The Labute approximate surface area is 197 Å². The summed E-state index contributed by atoms with van der Waals surface area (Å²) in [4.78, 5) is 16.5. The standard InChI is InChI=1S/C23H19F3N8O/c24-23(25,26)15-3-1-14(2-4-15)17-11-22(35-32-17)7-9-33(10-8-22)20-19-18(6-5-16(12-27)30-19)34(13-28)21(29)31-20/h1-6,13,28-29H,7-11H2. The van der Waals surface area contributed by atoms with Crippen molar-refractivity contribution in [3.05, 3.63) is 58.8 Å². The summed E-state index contributed by atoms with van der Waals surface area (Å²) in [6, 6.07) is 10.1. The molecule has 0 saturated carbocycles. The Kier molecular flexibility index (Phi) is 5.27. The molecule has 0 bridgehead atoms. The Morgan fingerprint density at radius 1 is 1.09 bits per heavy atom. The van der Waals surface area contributed by atoms with Crippen LogP contribution in [0.15, 0.2) is 41.6 Å². The number of aromatic nitrogens is 3. The molecule has 3 aromatic rings. The minimum atomic E-state index is -4.39. The highest BCUT2D eigenvalue weighted by atomic mass is 19.4. The molecular weight excluding hydrogens is 461 g/mol. The number of halogens is 3. The van der Waals surface area contributed by atoms with Crippen molar-refractivity contribution >= 4 is 28.9 Å². The van der Waals surface area contributed by atoms with Gasteiger partial charge in [0.25, 0.3) is 0 Å². The number of fused-ring (bicyclic) bond motifs is 1. The first-order chi connectivity index (χ1) is 16.7. The summed E-state index contributed by atoms with van der Waals surface area (Å²) >= 11 is 0. The molecule has 5 rings (SSSR count). The number of nitrogens with zero attached hydrogens (tertiary/aromatic N) is 6. The highest BCUT2D eigenvalue weighted by Crippen LogP contribution is 2.38. The molecule has 0 aliphatic carbocycles. The number of rotatable bonds is 3. The summed E-state index contributed by atoms with van der Waals surface area (Å²) < 4.78 is 39.9. The molecule has 0 radical (unpaired) electrons. The van der Waals surface area contributed by atoms with Crippen LogP contribution in [0.3, 0.4) is 0 Å². The third-order valence-corrected chi connectivity index (χ3v) is 6.39. The summed E-state index contributed by atoms with van der Waals surface area (Å²) in [5.41, 5.74) is 0.928. The number of hydrogen-bond acceptors (Lipinski definition) is 8. The van der Waals surface area contributed by atoms with Crippen molar-refractivity contribution in [1.29, 1.82) is 16.1 Å². The Morgan fingerprint density at radius 2 is 1.80 bits per heavy atom. The number of oxime groups is 1. The van der Waals surface area contributed by atoms with Crippen LogP contribution in [0.2, 0.25) is 0 Å². The predicted molar refractivity (Wildman–Crippen MR) is 120 cm³/mol. The second-order valence-corrected chi connectivity index (χ2v) is 8.49. The highest BCUT2D eigenvalue weighted by molar-refractivity contribution is 6.01. The first-order valence-electron chi connectivity index (χ1n) is 10.8. The largest absolute Gasteiger partial charge is 0.416 e. The summed E-state index contributed by atoms with van der Waals surface area (Å²) in [6.07, 6.45) is -1.78. The normalized spacial score (nSPS) is 17.2. The van der Waals surface area contributed by atoms with Gasteiger partial charge >= 0.3 is 6.18 Å². The van der Waals surface area contributed by atoms with Gasteiger partial charge in [-0.3, -0.25) is 15.4 Å². The molecule has 35 heavy (non-hydrogen) atoms. The fourth-order valence-electron chi connectivity index (χ4n) is 4.47. The molecule has 2 aromatic heterocycles. The van der Waals surface area contributed by atoms with Crippen molar-refractivity contribution in [3.63, 3.8) is 0 Å². The number of nitriles is 1. The van der Waals surface area contributed by atoms with E-state index >= 15 is 0 Å². The SMILES string of the molecule is N#Cc1ccc2c(n1)c(N1CCC3(CC1)CC(c1ccc(C(F)(F)F)cc1)=NO3)nc(=N)n2C=N. The average Bonchev–Trinajstić information content (AvgIpc) is 3.27. The van der Waals surface area contributed by atoms with E-state index in [0.29, 0.717) is 60.5 Å². The van der Waals surface area contributed by atoms with E-state index in [1.807, 2.05) is 11.0 Å². The maximum absolute atomic E-state index is 12.9. The van der Waals surface area contributed by atoms with Gasteiger partial charge in [-0.2, -0.15) is 23.4 Å². The van der Waals surface area contributed by atoms with E-state index in [2.05, 4.69) is 15.1 Å². The van der Waals surface area contributed by atoms with Gasteiger partial charge in [0, 0.05) is 32.4 Å². The number of alkyl halides is 3. The summed E-state index contributed by atoms with van der Waals surface area (Å²) in [7, 11) is 0. The number of nitrogens with one attached hydrogen (secondary N) is 2. The van der Waals surface area contributed by atoms with Crippen LogP contribution < -0.4 is 10.5 Å². The van der Waals surface area contributed by atoms with Crippen molar-refractivity contribution in [2.45, 2.75) is 31.0 Å². The third kappa shape index (κ3) is 3.99. The first-order valence-corrected chi connectivity index (χ1v) is 10.8. The van der Waals surface area contributed by atoms with Crippen LogP contribution in [-0.4, -0.2) is 45.3 Å². The Morgan fingerprint density at radius 3 is 2.43 bits per heavy atom. The molecule has 1 saturated heterocycles. The van der Waals surface area contributed by atoms with E-state index in [1.54, 1.807) is 6.07 Å². The van der Waals surface area contributed by atoms with E-state index in [1.165, 1.54) is 22.8 Å². The number of pyridine rings is 1. The second-order valence-electron chi connectivity index (χ2n) is 8.49. The molecule has 1 spiro atoms. The average molecular weight is 480 g/mol. The summed E-state index contributed by atoms with van der Waals surface area (Å²) in [6.45, 7) is 1.04. The fraction of sp³-hybridized carbons (Fsp3) is 0.304. The lowest BCUT2D eigenvalue weighted by Crippen LogP contribution is -2.45. The van der Waals surface area contributed by atoms with Gasteiger partial charge in [-0.05, 0) is 29.8 Å². The van der Waals surface area contributed by atoms with Gasteiger partial charge in [-0.1, -0.05) is 17.3 Å². The second kappa shape index (κ2) is 8.19. The van der Waals surface area contributed by atoms with Gasteiger partial charge in [-0.25, -0.2) is 4.98 Å². The van der Waals surface area contributed by atoms with E-state index in [4.69, 9.17) is 15.7 Å². The molecule has 12 heteroatoms. The molecular formula is C23H19F3N8O. The van der Waals surface area contributed by atoms with Crippen molar-refractivity contribution in [2.24, 2.45) is 5.16 Å². The molecule has 178 valence electrons. The van der Waals surface area contributed by atoms with Crippen LogP contribution in [0.5, 0.6) is 0 Å². The lowest BCUT2D eigenvalue weighted by atomic mass is 9.85. The van der Waals surface area contributed by atoms with Gasteiger partial charge in [0.1, 0.15) is 22.9 Å². The molecule has 2 aliphatic heterocycles. The van der Waals surface area contributed by atoms with Crippen LogP contribution >= 0.6 is 0 Å². The van der Waals surface area contributed by atoms with Gasteiger partial charge < -0.3 is 9.74 Å². The molecule has 9 nitrogen and oxygen atoms in total. The molecule has 0 unspecified atom stereocenters. The van der Waals surface area contributed by atoms with Crippen LogP contribution in [0.1, 0.15) is 36.1 Å². The Bertz CT molecular complexity index is 1450. The van der Waals surface area contributed by atoms with Gasteiger partial charge in [0.15, 0.2) is 5.82 Å². The summed E-state index contributed by atoms with van der Waals surface area (Å²) in [5.74, 6) is 0.455. The van der Waals surface area contributed by atoms with Gasteiger partial charge in [0.05, 0.1) is 23.1 Å². The van der Waals surface area contributed by atoms with Crippen molar-refractivity contribution in [3.8, 4) is 6.07 Å². The smallest absolute Gasteiger partial charge is 0.388 e.